The molecule has 23 heavy (non-hydrogen) atoms. The van der Waals surface area contributed by atoms with Crippen LogP contribution in [0.15, 0.2) is 42.7 Å². The summed E-state index contributed by atoms with van der Waals surface area (Å²) in [4.78, 5) is 11.3. The first-order chi connectivity index (χ1) is 11.3. The molecule has 0 aliphatic carbocycles. The zero-order valence-electron chi connectivity index (χ0n) is 13.8. The molecule has 1 unspecified atom stereocenters. The van der Waals surface area contributed by atoms with Gasteiger partial charge in [-0.25, -0.2) is 9.97 Å². The summed E-state index contributed by atoms with van der Waals surface area (Å²) in [5, 5.41) is 0. The monoisotopic (exact) mass is 311 g/mol. The van der Waals surface area contributed by atoms with Crippen molar-refractivity contribution in [3.05, 3.63) is 59.7 Å². The first-order valence-corrected chi connectivity index (χ1v) is 8.51. The maximum absolute atomic E-state index is 5.82. The second kappa shape index (κ2) is 8.18. The average Bonchev–Trinajstić information content (AvgIpc) is 3.09. The summed E-state index contributed by atoms with van der Waals surface area (Å²) in [6, 6.07) is 10.6. The lowest BCUT2D eigenvalue weighted by Gasteiger charge is -2.25. The zero-order valence-corrected chi connectivity index (χ0v) is 13.8. The maximum Gasteiger partial charge on any atom is 0.127 e. The summed E-state index contributed by atoms with van der Waals surface area (Å²) in [5.41, 5.74) is 2.49. The van der Waals surface area contributed by atoms with Gasteiger partial charge in [-0.1, -0.05) is 37.3 Å². The SMILES string of the molecule is CCc1ncc(CN(Cc2ccccc2)CC2CCCO2)cn1. The summed E-state index contributed by atoms with van der Waals surface area (Å²) in [6.07, 6.45) is 7.49. The first-order valence-electron chi connectivity index (χ1n) is 8.51. The van der Waals surface area contributed by atoms with Gasteiger partial charge in [-0.15, -0.1) is 0 Å². The molecule has 0 amide bonds. The van der Waals surface area contributed by atoms with E-state index in [0.717, 1.165) is 50.5 Å². The van der Waals surface area contributed by atoms with E-state index in [0.29, 0.717) is 6.10 Å². The van der Waals surface area contributed by atoms with Crippen molar-refractivity contribution >= 4 is 0 Å². The van der Waals surface area contributed by atoms with Crippen molar-refractivity contribution in [1.82, 2.24) is 14.9 Å². The molecule has 2 heterocycles. The van der Waals surface area contributed by atoms with Crippen molar-refractivity contribution in [2.24, 2.45) is 0 Å². The Labute approximate surface area is 138 Å². The quantitative estimate of drug-likeness (QED) is 0.787. The molecule has 0 radical (unpaired) electrons. The number of aromatic nitrogens is 2. The minimum absolute atomic E-state index is 0.356. The van der Waals surface area contributed by atoms with Crippen LogP contribution in [0.5, 0.6) is 0 Å². The lowest BCUT2D eigenvalue weighted by molar-refractivity contribution is 0.0678. The molecule has 1 aliphatic rings. The van der Waals surface area contributed by atoms with Crippen molar-refractivity contribution < 1.29 is 4.74 Å². The number of rotatable bonds is 7. The first kappa shape index (κ1) is 16.1. The minimum Gasteiger partial charge on any atom is -0.377 e. The van der Waals surface area contributed by atoms with Gasteiger partial charge >= 0.3 is 0 Å². The summed E-state index contributed by atoms with van der Waals surface area (Å²) in [5.74, 6) is 0.905. The Morgan fingerprint density at radius 2 is 1.83 bits per heavy atom. The van der Waals surface area contributed by atoms with Crippen molar-refractivity contribution in [2.45, 2.75) is 45.4 Å². The molecule has 0 bridgehead atoms. The summed E-state index contributed by atoms with van der Waals surface area (Å²) < 4.78 is 5.82. The lowest BCUT2D eigenvalue weighted by atomic mass is 10.1. The molecular weight excluding hydrogens is 286 g/mol. The van der Waals surface area contributed by atoms with E-state index in [-0.39, 0.29) is 0 Å². The standard InChI is InChI=1S/C19H25N3O/c1-2-19-20-11-17(12-21-19)14-22(15-18-9-6-10-23-18)13-16-7-4-3-5-8-16/h3-5,7-8,11-12,18H,2,6,9-10,13-15H2,1H3. The van der Waals surface area contributed by atoms with Gasteiger partial charge in [0, 0.05) is 50.6 Å². The van der Waals surface area contributed by atoms with E-state index in [4.69, 9.17) is 4.74 Å². The molecular formula is C19H25N3O. The smallest absolute Gasteiger partial charge is 0.127 e. The maximum atomic E-state index is 5.82. The molecule has 1 fully saturated rings. The van der Waals surface area contributed by atoms with Crippen LogP contribution >= 0.6 is 0 Å². The predicted octanol–water partition coefficient (Wildman–Crippen LogP) is 3.22. The zero-order chi connectivity index (χ0) is 15.9. The van der Waals surface area contributed by atoms with E-state index in [1.165, 1.54) is 12.0 Å². The summed E-state index contributed by atoms with van der Waals surface area (Å²) in [7, 11) is 0. The summed E-state index contributed by atoms with van der Waals surface area (Å²) in [6.45, 7) is 5.73. The number of aryl methyl sites for hydroxylation is 1. The lowest BCUT2D eigenvalue weighted by Crippen LogP contribution is -2.31. The van der Waals surface area contributed by atoms with Gasteiger partial charge in [-0.3, -0.25) is 4.90 Å². The van der Waals surface area contributed by atoms with Gasteiger partial charge < -0.3 is 4.74 Å². The molecule has 0 saturated carbocycles. The van der Waals surface area contributed by atoms with Crippen LogP contribution in [0.3, 0.4) is 0 Å². The van der Waals surface area contributed by atoms with Gasteiger partial charge in [-0.2, -0.15) is 0 Å². The molecule has 1 atom stereocenters. The van der Waals surface area contributed by atoms with Crippen LogP contribution in [0, 0.1) is 0 Å². The van der Waals surface area contributed by atoms with Gasteiger partial charge in [0.05, 0.1) is 6.10 Å². The van der Waals surface area contributed by atoms with Crippen LogP contribution in [0.1, 0.15) is 36.7 Å². The topological polar surface area (TPSA) is 38.2 Å². The van der Waals surface area contributed by atoms with Crippen molar-refractivity contribution in [3.8, 4) is 0 Å². The molecule has 4 heteroatoms. The molecule has 1 saturated heterocycles. The number of hydrogen-bond donors (Lipinski definition) is 0. The predicted molar refractivity (Wildman–Crippen MR) is 90.9 cm³/mol. The number of nitrogens with zero attached hydrogens (tertiary/aromatic N) is 3. The molecule has 1 aliphatic heterocycles. The Morgan fingerprint density at radius 3 is 2.48 bits per heavy atom. The van der Waals surface area contributed by atoms with E-state index < -0.39 is 0 Å². The van der Waals surface area contributed by atoms with Crippen LogP contribution in [-0.4, -0.2) is 34.1 Å². The second-order valence-electron chi connectivity index (χ2n) is 6.15. The van der Waals surface area contributed by atoms with Crippen LogP contribution < -0.4 is 0 Å². The van der Waals surface area contributed by atoms with E-state index in [2.05, 4.69) is 52.1 Å². The third-order valence-corrected chi connectivity index (χ3v) is 4.22. The normalized spacial score (nSPS) is 17.7. The van der Waals surface area contributed by atoms with Crippen LogP contribution in [0.4, 0.5) is 0 Å². The Balaban J connectivity index is 1.67. The summed E-state index contributed by atoms with van der Waals surface area (Å²) >= 11 is 0. The van der Waals surface area contributed by atoms with E-state index in [9.17, 15) is 0 Å². The van der Waals surface area contributed by atoms with E-state index >= 15 is 0 Å². The Morgan fingerprint density at radius 1 is 1.09 bits per heavy atom. The molecule has 0 N–H and O–H groups in total. The highest BCUT2D eigenvalue weighted by Crippen LogP contribution is 2.17. The number of hydrogen-bond acceptors (Lipinski definition) is 4. The molecule has 0 spiro atoms. The third-order valence-electron chi connectivity index (χ3n) is 4.22. The average molecular weight is 311 g/mol. The molecule has 2 aromatic rings. The van der Waals surface area contributed by atoms with Crippen molar-refractivity contribution in [1.29, 1.82) is 0 Å². The Hall–Kier alpha value is -1.78. The van der Waals surface area contributed by atoms with E-state index in [1.54, 1.807) is 0 Å². The Bertz CT molecular complexity index is 579. The fourth-order valence-electron chi connectivity index (χ4n) is 3.01. The van der Waals surface area contributed by atoms with Crippen LogP contribution in [0.25, 0.3) is 0 Å². The van der Waals surface area contributed by atoms with Crippen LogP contribution in [0.2, 0.25) is 0 Å². The fraction of sp³-hybridized carbons (Fsp3) is 0.474. The Kier molecular flexibility index (Phi) is 5.72. The number of ether oxygens (including phenoxy) is 1. The molecule has 122 valence electrons. The van der Waals surface area contributed by atoms with Gasteiger partial charge in [-0.05, 0) is 18.4 Å². The fourth-order valence-corrected chi connectivity index (χ4v) is 3.01. The van der Waals surface area contributed by atoms with Gasteiger partial charge in [0.2, 0.25) is 0 Å². The molecule has 3 rings (SSSR count). The van der Waals surface area contributed by atoms with E-state index in [1.807, 2.05) is 12.4 Å². The highest BCUT2D eigenvalue weighted by Gasteiger charge is 2.19. The van der Waals surface area contributed by atoms with Gasteiger partial charge in [0.1, 0.15) is 5.82 Å². The molecule has 1 aromatic carbocycles. The molecule has 1 aromatic heterocycles. The van der Waals surface area contributed by atoms with Crippen LogP contribution in [-0.2, 0) is 24.2 Å². The number of benzene rings is 1. The largest absolute Gasteiger partial charge is 0.377 e. The van der Waals surface area contributed by atoms with Gasteiger partial charge in [0.25, 0.3) is 0 Å². The minimum atomic E-state index is 0.356. The van der Waals surface area contributed by atoms with Gasteiger partial charge in [0.15, 0.2) is 0 Å². The second-order valence-corrected chi connectivity index (χ2v) is 6.15. The van der Waals surface area contributed by atoms with Crippen molar-refractivity contribution in [3.63, 3.8) is 0 Å². The van der Waals surface area contributed by atoms with Crippen molar-refractivity contribution in [2.75, 3.05) is 13.2 Å². The molecule has 4 nitrogen and oxygen atoms in total. The highest BCUT2D eigenvalue weighted by atomic mass is 16.5. The third kappa shape index (κ3) is 4.85. The highest BCUT2D eigenvalue weighted by molar-refractivity contribution is 5.15.